The molecular formula is C20H23FN2O5S. The minimum Gasteiger partial charge on any atom is -0.493 e. The van der Waals surface area contributed by atoms with Crippen LogP contribution in [0.3, 0.4) is 0 Å². The summed E-state index contributed by atoms with van der Waals surface area (Å²) >= 11 is 0. The molecule has 0 aliphatic carbocycles. The Morgan fingerprint density at radius 2 is 1.79 bits per heavy atom. The molecule has 9 heteroatoms. The lowest BCUT2D eigenvalue weighted by Gasteiger charge is -2.17. The van der Waals surface area contributed by atoms with Crippen molar-refractivity contribution in [2.45, 2.75) is 17.9 Å². The molecule has 2 aromatic carbocycles. The number of fused-ring (bicyclic) bond motifs is 1. The van der Waals surface area contributed by atoms with Gasteiger partial charge in [-0.1, -0.05) is 12.1 Å². The Balaban J connectivity index is 2.01. The number of benzene rings is 2. The van der Waals surface area contributed by atoms with Crippen LogP contribution in [0.5, 0.6) is 11.5 Å². The molecular weight excluding hydrogens is 399 g/mol. The van der Waals surface area contributed by atoms with E-state index in [0.29, 0.717) is 18.5 Å². The molecule has 0 bridgehead atoms. The number of sulfonamides is 1. The van der Waals surface area contributed by atoms with Crippen molar-refractivity contribution in [1.29, 1.82) is 0 Å². The number of hydrogen-bond acceptors (Lipinski definition) is 5. The molecule has 0 saturated heterocycles. The highest BCUT2D eigenvalue weighted by atomic mass is 32.2. The van der Waals surface area contributed by atoms with E-state index < -0.39 is 10.0 Å². The second-order valence-electron chi connectivity index (χ2n) is 6.85. The fourth-order valence-electron chi connectivity index (χ4n) is 3.34. The summed E-state index contributed by atoms with van der Waals surface area (Å²) in [6.07, 6.45) is 0.509. The molecule has 156 valence electrons. The maximum absolute atomic E-state index is 13.1. The van der Waals surface area contributed by atoms with Gasteiger partial charge in [0.25, 0.3) is 5.91 Å². The van der Waals surface area contributed by atoms with Crippen LogP contribution in [-0.2, 0) is 23.0 Å². The zero-order chi connectivity index (χ0) is 21.3. The SMILES string of the molecule is COc1cc(S(=O)(=O)N(C)C)c2c(c1OC)C(=O)N(CCc1ccc(F)cc1)C2. The van der Waals surface area contributed by atoms with Gasteiger partial charge < -0.3 is 14.4 Å². The molecule has 7 nitrogen and oxygen atoms in total. The van der Waals surface area contributed by atoms with Crippen LogP contribution < -0.4 is 9.47 Å². The van der Waals surface area contributed by atoms with Crippen LogP contribution in [0.2, 0.25) is 0 Å². The number of carbonyl (C=O) groups excluding carboxylic acids is 1. The molecule has 2 aromatic rings. The third-order valence-corrected chi connectivity index (χ3v) is 6.81. The molecule has 1 amide bonds. The number of carbonyl (C=O) groups is 1. The van der Waals surface area contributed by atoms with E-state index in [1.165, 1.54) is 46.5 Å². The Morgan fingerprint density at radius 3 is 2.34 bits per heavy atom. The van der Waals surface area contributed by atoms with E-state index in [9.17, 15) is 17.6 Å². The summed E-state index contributed by atoms with van der Waals surface area (Å²) in [5, 5.41) is 0. The van der Waals surface area contributed by atoms with Crippen molar-refractivity contribution in [2.75, 3.05) is 34.9 Å². The monoisotopic (exact) mass is 422 g/mol. The van der Waals surface area contributed by atoms with E-state index in [-0.39, 0.29) is 40.2 Å². The van der Waals surface area contributed by atoms with Gasteiger partial charge in [-0.25, -0.2) is 17.1 Å². The maximum Gasteiger partial charge on any atom is 0.258 e. The molecule has 0 unspecified atom stereocenters. The molecule has 0 N–H and O–H groups in total. The van der Waals surface area contributed by atoms with Gasteiger partial charge in [-0.3, -0.25) is 4.79 Å². The second kappa shape index (κ2) is 8.00. The smallest absolute Gasteiger partial charge is 0.258 e. The minimum atomic E-state index is -3.80. The van der Waals surface area contributed by atoms with Crippen LogP contribution >= 0.6 is 0 Å². The minimum absolute atomic E-state index is 0.0211. The third-order valence-electron chi connectivity index (χ3n) is 4.93. The fourth-order valence-corrected chi connectivity index (χ4v) is 4.46. The lowest BCUT2D eigenvalue weighted by molar-refractivity contribution is 0.0777. The third kappa shape index (κ3) is 3.79. The van der Waals surface area contributed by atoms with Gasteiger partial charge in [0, 0.05) is 38.8 Å². The predicted molar refractivity (Wildman–Crippen MR) is 105 cm³/mol. The molecule has 0 saturated carbocycles. The fraction of sp³-hybridized carbons (Fsp3) is 0.350. The summed E-state index contributed by atoms with van der Waals surface area (Å²) in [6, 6.07) is 7.45. The van der Waals surface area contributed by atoms with Crippen LogP contribution in [0.4, 0.5) is 4.39 Å². The number of nitrogens with zero attached hydrogens (tertiary/aromatic N) is 2. The van der Waals surface area contributed by atoms with Crippen LogP contribution in [0.1, 0.15) is 21.5 Å². The van der Waals surface area contributed by atoms with E-state index in [1.807, 2.05) is 0 Å². The van der Waals surface area contributed by atoms with Crippen molar-refractivity contribution in [3.63, 3.8) is 0 Å². The van der Waals surface area contributed by atoms with Crippen molar-refractivity contribution in [2.24, 2.45) is 0 Å². The number of hydrogen-bond donors (Lipinski definition) is 0. The number of ether oxygens (including phenoxy) is 2. The van der Waals surface area contributed by atoms with E-state index in [0.717, 1.165) is 9.87 Å². The van der Waals surface area contributed by atoms with Gasteiger partial charge >= 0.3 is 0 Å². The first kappa shape index (κ1) is 21.1. The second-order valence-corrected chi connectivity index (χ2v) is 8.97. The molecule has 1 aliphatic rings. The molecule has 0 aromatic heterocycles. The number of amides is 1. The number of methoxy groups -OCH3 is 2. The van der Waals surface area contributed by atoms with E-state index in [2.05, 4.69) is 0 Å². The predicted octanol–water partition coefficient (Wildman–Crippen LogP) is 2.29. The van der Waals surface area contributed by atoms with Gasteiger partial charge in [0.2, 0.25) is 10.0 Å². The molecule has 0 spiro atoms. The van der Waals surface area contributed by atoms with E-state index >= 15 is 0 Å². The van der Waals surface area contributed by atoms with E-state index in [4.69, 9.17) is 9.47 Å². The van der Waals surface area contributed by atoms with Crippen LogP contribution in [0.15, 0.2) is 35.2 Å². The van der Waals surface area contributed by atoms with Gasteiger partial charge in [-0.15, -0.1) is 0 Å². The highest BCUT2D eigenvalue weighted by Gasteiger charge is 2.38. The average molecular weight is 422 g/mol. The lowest BCUT2D eigenvalue weighted by Crippen LogP contribution is -2.26. The molecule has 1 aliphatic heterocycles. The Bertz CT molecular complexity index is 1040. The van der Waals surface area contributed by atoms with Crippen LogP contribution in [0, 0.1) is 5.82 Å². The Kier molecular flexibility index (Phi) is 5.81. The van der Waals surface area contributed by atoms with E-state index in [1.54, 1.807) is 17.0 Å². The first-order chi connectivity index (χ1) is 13.7. The maximum atomic E-state index is 13.1. The van der Waals surface area contributed by atoms with Crippen molar-refractivity contribution in [1.82, 2.24) is 9.21 Å². The standard InChI is InChI=1S/C20H23FN2O5S/c1-22(2)29(25,26)17-11-16(27-3)19(28-4)18-15(17)12-23(20(18)24)10-9-13-5-7-14(21)8-6-13/h5-8,11H,9-10,12H2,1-4H3. The summed E-state index contributed by atoms with van der Waals surface area (Å²) in [7, 11) is 1.86. The normalized spacial score (nSPS) is 13.7. The van der Waals surface area contributed by atoms with Crippen molar-refractivity contribution >= 4 is 15.9 Å². The summed E-state index contributed by atoms with van der Waals surface area (Å²) in [5.74, 6) is -0.253. The Labute approximate surface area is 169 Å². The topological polar surface area (TPSA) is 76.1 Å². The quantitative estimate of drug-likeness (QED) is 0.684. The van der Waals surface area contributed by atoms with Crippen molar-refractivity contribution < 1.29 is 27.1 Å². The van der Waals surface area contributed by atoms with Gasteiger partial charge in [-0.2, -0.15) is 0 Å². The first-order valence-corrected chi connectivity index (χ1v) is 10.4. The molecule has 3 rings (SSSR count). The lowest BCUT2D eigenvalue weighted by atomic mass is 10.1. The zero-order valence-corrected chi connectivity index (χ0v) is 17.5. The van der Waals surface area contributed by atoms with Crippen LogP contribution in [0.25, 0.3) is 0 Å². The van der Waals surface area contributed by atoms with Gasteiger partial charge in [0.15, 0.2) is 11.5 Å². The summed E-state index contributed by atoms with van der Waals surface area (Å²) in [5.41, 5.74) is 1.47. The van der Waals surface area contributed by atoms with Gasteiger partial charge in [0.05, 0.1) is 24.7 Å². The molecule has 0 fully saturated rings. The van der Waals surface area contributed by atoms with Gasteiger partial charge in [-0.05, 0) is 24.1 Å². The summed E-state index contributed by atoms with van der Waals surface area (Å²) < 4.78 is 50.6. The largest absolute Gasteiger partial charge is 0.493 e. The van der Waals surface area contributed by atoms with Crippen molar-refractivity contribution in [3.8, 4) is 11.5 Å². The highest BCUT2D eigenvalue weighted by molar-refractivity contribution is 7.89. The summed E-state index contributed by atoms with van der Waals surface area (Å²) in [6.45, 7) is 0.490. The molecule has 0 radical (unpaired) electrons. The molecule has 0 atom stereocenters. The number of rotatable bonds is 7. The number of halogens is 1. The van der Waals surface area contributed by atoms with Crippen LogP contribution in [-0.4, -0.2) is 58.4 Å². The summed E-state index contributed by atoms with van der Waals surface area (Å²) in [4.78, 5) is 14.7. The van der Waals surface area contributed by atoms with Crippen molar-refractivity contribution in [3.05, 3.63) is 52.8 Å². The highest BCUT2D eigenvalue weighted by Crippen LogP contribution is 2.42. The Morgan fingerprint density at radius 1 is 1.14 bits per heavy atom. The Hall–Kier alpha value is -2.65. The molecule has 1 heterocycles. The zero-order valence-electron chi connectivity index (χ0n) is 16.7. The first-order valence-electron chi connectivity index (χ1n) is 8.94. The average Bonchev–Trinajstić information content (AvgIpc) is 3.02. The van der Waals surface area contributed by atoms with Gasteiger partial charge in [0.1, 0.15) is 5.82 Å². The molecule has 29 heavy (non-hydrogen) atoms.